The van der Waals surface area contributed by atoms with E-state index in [9.17, 15) is 18.3 Å². The zero-order chi connectivity index (χ0) is 19.0. The van der Waals surface area contributed by atoms with Crippen LogP contribution in [-0.4, -0.2) is 69.0 Å². The van der Waals surface area contributed by atoms with Crippen LogP contribution in [0.2, 0.25) is 0 Å². The number of likely N-dealkylation sites (tertiary alicyclic amines) is 1. The third-order valence-electron chi connectivity index (χ3n) is 5.62. The van der Waals surface area contributed by atoms with Gasteiger partial charge in [-0.05, 0) is 25.0 Å². The van der Waals surface area contributed by atoms with Crippen LogP contribution in [0, 0.1) is 11.8 Å². The number of amides is 1. The molecule has 2 saturated heterocycles. The Morgan fingerprint density at radius 3 is 2.70 bits per heavy atom. The van der Waals surface area contributed by atoms with Crippen LogP contribution in [-0.2, 0) is 14.8 Å². The second-order valence-corrected chi connectivity index (χ2v) is 8.95. The SMILES string of the molecule is O=C(NCC1CNCC1O)C1CCN(C2=NS(=O)(=O)c3ccccc32)CC1. The fourth-order valence-electron chi connectivity index (χ4n) is 3.97. The van der Waals surface area contributed by atoms with Gasteiger partial charge in [0.15, 0.2) is 5.84 Å². The molecule has 0 aromatic heterocycles. The van der Waals surface area contributed by atoms with Crippen molar-refractivity contribution >= 4 is 21.8 Å². The van der Waals surface area contributed by atoms with Crippen LogP contribution < -0.4 is 10.6 Å². The Hall–Kier alpha value is -1.97. The number of benzene rings is 1. The number of hydrogen-bond donors (Lipinski definition) is 3. The maximum atomic E-state index is 12.4. The summed E-state index contributed by atoms with van der Waals surface area (Å²) in [5.74, 6) is 0.463. The van der Waals surface area contributed by atoms with E-state index >= 15 is 0 Å². The van der Waals surface area contributed by atoms with Gasteiger partial charge in [0.2, 0.25) is 5.91 Å². The number of nitrogens with zero attached hydrogens (tertiary/aromatic N) is 2. The first-order chi connectivity index (χ1) is 13.0. The van der Waals surface area contributed by atoms with Crippen molar-refractivity contribution in [3.8, 4) is 0 Å². The quantitative estimate of drug-likeness (QED) is 0.642. The third kappa shape index (κ3) is 3.59. The van der Waals surface area contributed by atoms with Crippen LogP contribution in [0.1, 0.15) is 18.4 Å². The number of amidine groups is 1. The lowest BCUT2D eigenvalue weighted by Gasteiger charge is -2.32. The monoisotopic (exact) mass is 392 g/mol. The Morgan fingerprint density at radius 1 is 1.26 bits per heavy atom. The average Bonchev–Trinajstić information content (AvgIpc) is 3.21. The van der Waals surface area contributed by atoms with Crippen LogP contribution in [0.25, 0.3) is 0 Å². The Morgan fingerprint density at radius 2 is 2.00 bits per heavy atom. The molecule has 1 aromatic rings. The van der Waals surface area contributed by atoms with Crippen molar-refractivity contribution in [2.45, 2.75) is 23.8 Å². The summed E-state index contributed by atoms with van der Waals surface area (Å²) >= 11 is 0. The first-order valence-corrected chi connectivity index (χ1v) is 10.8. The van der Waals surface area contributed by atoms with E-state index in [0.717, 1.165) is 0 Å². The molecule has 1 amide bonds. The van der Waals surface area contributed by atoms with Gasteiger partial charge in [-0.1, -0.05) is 12.1 Å². The van der Waals surface area contributed by atoms with Gasteiger partial charge in [0, 0.05) is 50.1 Å². The number of β-amino-alcohol motifs (C(OH)–C–C–N with tert-alkyl or cyclic N) is 1. The molecule has 1 aromatic carbocycles. The minimum absolute atomic E-state index is 0.00938. The maximum absolute atomic E-state index is 12.4. The summed E-state index contributed by atoms with van der Waals surface area (Å²) in [6.07, 6.45) is 0.895. The van der Waals surface area contributed by atoms with Crippen molar-refractivity contribution < 1.29 is 18.3 Å². The fourth-order valence-corrected chi connectivity index (χ4v) is 5.20. The molecular formula is C18H24N4O4S. The molecule has 27 heavy (non-hydrogen) atoms. The van der Waals surface area contributed by atoms with Gasteiger partial charge in [-0.3, -0.25) is 4.79 Å². The molecule has 0 aliphatic carbocycles. The van der Waals surface area contributed by atoms with E-state index in [4.69, 9.17) is 0 Å². The van der Waals surface area contributed by atoms with E-state index in [0.29, 0.717) is 57.0 Å². The summed E-state index contributed by atoms with van der Waals surface area (Å²) in [6.45, 7) is 2.95. The second-order valence-electron chi connectivity index (χ2n) is 7.38. The lowest BCUT2D eigenvalue weighted by atomic mass is 9.95. The van der Waals surface area contributed by atoms with Crippen LogP contribution >= 0.6 is 0 Å². The summed E-state index contributed by atoms with van der Waals surface area (Å²) in [6, 6.07) is 6.86. The van der Waals surface area contributed by atoms with Gasteiger partial charge < -0.3 is 20.6 Å². The summed E-state index contributed by atoms with van der Waals surface area (Å²) in [5.41, 5.74) is 0.642. The van der Waals surface area contributed by atoms with Crippen LogP contribution in [0.5, 0.6) is 0 Å². The topological polar surface area (TPSA) is 111 Å². The minimum Gasteiger partial charge on any atom is -0.391 e. The molecular weight excluding hydrogens is 368 g/mol. The summed E-state index contributed by atoms with van der Waals surface area (Å²) < 4.78 is 28.4. The van der Waals surface area contributed by atoms with Gasteiger partial charge in [0.25, 0.3) is 10.0 Å². The number of aliphatic hydroxyl groups is 1. The standard InChI is InChI=1S/C18H24N4O4S/c23-15-11-19-9-13(15)10-20-18(24)12-5-7-22(8-6-12)17-14-3-1-2-4-16(14)27(25,26)21-17/h1-4,12-13,15,19,23H,5-11H2,(H,20,24). The molecule has 0 saturated carbocycles. The van der Waals surface area contributed by atoms with Crippen molar-refractivity contribution in [2.75, 3.05) is 32.7 Å². The lowest BCUT2D eigenvalue weighted by Crippen LogP contribution is -2.44. The van der Waals surface area contributed by atoms with Crippen molar-refractivity contribution in [3.05, 3.63) is 29.8 Å². The van der Waals surface area contributed by atoms with Gasteiger partial charge >= 0.3 is 0 Å². The van der Waals surface area contributed by atoms with Crippen molar-refractivity contribution in [2.24, 2.45) is 16.2 Å². The number of piperidine rings is 1. The normalized spacial score (nSPS) is 27.3. The van der Waals surface area contributed by atoms with Crippen LogP contribution in [0.3, 0.4) is 0 Å². The highest BCUT2D eigenvalue weighted by Gasteiger charge is 2.34. The largest absolute Gasteiger partial charge is 0.391 e. The molecule has 0 spiro atoms. The first kappa shape index (κ1) is 18.4. The van der Waals surface area contributed by atoms with Crippen molar-refractivity contribution in [1.82, 2.24) is 15.5 Å². The fraction of sp³-hybridized carbons (Fsp3) is 0.556. The highest BCUT2D eigenvalue weighted by Crippen LogP contribution is 2.29. The maximum Gasteiger partial charge on any atom is 0.285 e. The molecule has 146 valence electrons. The highest BCUT2D eigenvalue weighted by atomic mass is 32.2. The van der Waals surface area contributed by atoms with E-state index in [1.54, 1.807) is 18.2 Å². The lowest BCUT2D eigenvalue weighted by molar-refractivity contribution is -0.126. The van der Waals surface area contributed by atoms with Crippen LogP contribution in [0.4, 0.5) is 0 Å². The van der Waals surface area contributed by atoms with Gasteiger partial charge in [0.1, 0.15) is 4.90 Å². The molecule has 3 aliphatic heterocycles. The summed E-state index contributed by atoms with van der Waals surface area (Å²) in [7, 11) is -3.62. The Bertz CT molecular complexity index is 862. The van der Waals surface area contributed by atoms with E-state index < -0.39 is 16.1 Å². The number of sulfonamides is 1. The molecule has 3 heterocycles. The molecule has 4 rings (SSSR count). The van der Waals surface area contributed by atoms with Gasteiger partial charge in [0.05, 0.1) is 6.10 Å². The van der Waals surface area contributed by atoms with E-state index in [1.165, 1.54) is 0 Å². The Labute approximate surface area is 158 Å². The van der Waals surface area contributed by atoms with Crippen LogP contribution in [0.15, 0.2) is 33.6 Å². The molecule has 8 nitrogen and oxygen atoms in total. The molecule has 2 fully saturated rings. The van der Waals surface area contributed by atoms with Gasteiger partial charge in [-0.25, -0.2) is 0 Å². The van der Waals surface area contributed by atoms with E-state index in [2.05, 4.69) is 15.0 Å². The van der Waals surface area contributed by atoms with Crippen molar-refractivity contribution in [3.63, 3.8) is 0 Å². The third-order valence-corrected chi connectivity index (χ3v) is 6.95. The predicted octanol–water partition coefficient (Wildman–Crippen LogP) is -0.456. The van der Waals surface area contributed by atoms with E-state index in [-0.39, 0.29) is 22.6 Å². The highest BCUT2D eigenvalue weighted by molar-refractivity contribution is 7.90. The number of carbonyl (C=O) groups excluding carboxylic acids is 1. The smallest absolute Gasteiger partial charge is 0.285 e. The zero-order valence-corrected chi connectivity index (χ0v) is 15.8. The number of hydrogen-bond acceptors (Lipinski definition) is 6. The molecule has 3 N–H and O–H groups in total. The summed E-state index contributed by atoms with van der Waals surface area (Å²) in [4.78, 5) is 14.6. The Balaban J connectivity index is 1.35. The molecule has 0 radical (unpaired) electrons. The number of rotatable bonds is 3. The van der Waals surface area contributed by atoms with Crippen molar-refractivity contribution in [1.29, 1.82) is 0 Å². The molecule has 2 unspecified atom stereocenters. The average molecular weight is 392 g/mol. The zero-order valence-electron chi connectivity index (χ0n) is 15.0. The Kier molecular flexibility index (Phi) is 4.92. The number of fused-ring (bicyclic) bond motifs is 1. The molecule has 3 aliphatic rings. The van der Waals surface area contributed by atoms with E-state index in [1.807, 2.05) is 11.0 Å². The van der Waals surface area contributed by atoms with Gasteiger partial charge in [-0.15, -0.1) is 4.40 Å². The predicted molar refractivity (Wildman–Crippen MR) is 99.8 cm³/mol. The number of nitrogens with one attached hydrogen (secondary N) is 2. The van der Waals surface area contributed by atoms with Gasteiger partial charge in [-0.2, -0.15) is 8.42 Å². The molecule has 2 atom stereocenters. The number of aliphatic hydroxyl groups excluding tert-OH is 1. The minimum atomic E-state index is -3.62. The summed E-state index contributed by atoms with van der Waals surface area (Å²) in [5, 5.41) is 15.9. The molecule has 9 heteroatoms. The number of carbonyl (C=O) groups is 1. The molecule has 0 bridgehead atoms. The second kappa shape index (κ2) is 7.21. The first-order valence-electron chi connectivity index (χ1n) is 9.31.